The summed E-state index contributed by atoms with van der Waals surface area (Å²) < 4.78 is 0. The van der Waals surface area contributed by atoms with Crippen LogP contribution in [0.1, 0.15) is 40.5 Å². The van der Waals surface area contributed by atoms with Crippen LogP contribution in [-0.4, -0.2) is 14.1 Å². The lowest BCUT2D eigenvalue weighted by atomic mass is 10.4. The summed E-state index contributed by atoms with van der Waals surface area (Å²) in [4.78, 5) is 3.50. The highest BCUT2D eigenvalue weighted by Gasteiger charge is 2.33. The van der Waals surface area contributed by atoms with Gasteiger partial charge in [-0.25, -0.2) is 0 Å². The van der Waals surface area contributed by atoms with E-state index in [2.05, 4.69) is 32.7 Å². The van der Waals surface area contributed by atoms with Gasteiger partial charge in [0.05, 0.1) is 0 Å². The summed E-state index contributed by atoms with van der Waals surface area (Å²) in [6.07, 6.45) is 2.51. The molecule has 0 aliphatic heterocycles. The first-order chi connectivity index (χ1) is 5.56. The van der Waals surface area contributed by atoms with Crippen LogP contribution in [0.5, 0.6) is 0 Å². The van der Waals surface area contributed by atoms with Crippen molar-refractivity contribution in [1.82, 2.24) is 4.98 Å². The minimum absolute atomic E-state index is 0.630. The Kier molecular flexibility index (Phi) is 6.24. The lowest BCUT2D eigenvalue weighted by Crippen LogP contribution is -2.47. The van der Waals surface area contributed by atoms with Gasteiger partial charge in [0.25, 0.3) is 0 Å². The number of halogens is 1. The number of nitrogens with one attached hydrogen (secondary N) is 1. The molecule has 0 saturated heterocycles. The molecular weight excluding hydrogens is 186 g/mol. The molecule has 0 spiro atoms. The Bertz CT molecular complexity index is 119. The largest absolute Gasteiger partial charge is 0.325 e. The summed E-state index contributed by atoms with van der Waals surface area (Å²) in [7, 11) is -1.63. The molecule has 0 bridgehead atoms. The third-order valence-electron chi connectivity index (χ3n) is 2.28. The second-order valence-corrected chi connectivity index (χ2v) is 9.41. The normalized spacial score (nSPS) is 16.5. The molecule has 3 heteroatoms. The average Bonchev–Trinajstić information content (AvgIpc) is 2.01. The van der Waals surface area contributed by atoms with Gasteiger partial charge in [-0.1, -0.05) is 40.5 Å². The average molecular weight is 208 g/mol. The van der Waals surface area contributed by atoms with E-state index in [1.54, 1.807) is 0 Å². The molecule has 0 aromatic rings. The minimum atomic E-state index is -1.63. The molecule has 0 rings (SSSR count). The van der Waals surface area contributed by atoms with E-state index in [-0.39, 0.29) is 0 Å². The third kappa shape index (κ3) is 3.92. The smallest absolute Gasteiger partial charge is 0.229 e. The summed E-state index contributed by atoms with van der Waals surface area (Å²) in [5.41, 5.74) is 0.630. The van der Waals surface area contributed by atoms with Gasteiger partial charge >= 0.3 is 0 Å². The molecule has 1 atom stereocenters. The fourth-order valence-corrected chi connectivity index (χ4v) is 4.73. The van der Waals surface area contributed by atoms with Gasteiger partial charge in [-0.3, -0.25) is 0 Å². The van der Waals surface area contributed by atoms with Gasteiger partial charge in [-0.2, -0.15) is 0 Å². The molecule has 1 unspecified atom stereocenters. The van der Waals surface area contributed by atoms with Crippen LogP contribution in [0.4, 0.5) is 0 Å². The van der Waals surface area contributed by atoms with Crippen molar-refractivity contribution >= 4 is 18.6 Å². The van der Waals surface area contributed by atoms with Gasteiger partial charge in [0.2, 0.25) is 7.55 Å². The predicted molar refractivity (Wildman–Crippen MR) is 60.1 cm³/mol. The zero-order valence-electron chi connectivity index (χ0n) is 8.78. The van der Waals surface area contributed by atoms with E-state index in [1.807, 2.05) is 0 Å². The lowest BCUT2D eigenvalue weighted by Gasteiger charge is -2.28. The fraction of sp³-hybridized carbons (Fsp3) is 1.00. The van der Waals surface area contributed by atoms with Crippen LogP contribution in [0.3, 0.4) is 0 Å². The molecule has 0 amide bonds. The van der Waals surface area contributed by atoms with Gasteiger partial charge < -0.3 is 4.98 Å². The van der Waals surface area contributed by atoms with Crippen molar-refractivity contribution in [2.45, 2.75) is 52.1 Å². The number of unbranched alkanes of at least 4 members (excludes halogenated alkanes) is 1. The van der Waals surface area contributed by atoms with E-state index in [9.17, 15) is 0 Å². The summed E-state index contributed by atoms with van der Waals surface area (Å²) in [5.74, 6) is 0. The first kappa shape index (κ1) is 12.5. The van der Waals surface area contributed by atoms with E-state index in [0.717, 1.165) is 6.54 Å². The van der Waals surface area contributed by atoms with Crippen LogP contribution < -0.4 is 4.98 Å². The maximum atomic E-state index is 6.58. The molecule has 74 valence electrons. The minimum Gasteiger partial charge on any atom is -0.325 e. The quantitative estimate of drug-likeness (QED) is 0.520. The Morgan fingerprint density at radius 1 is 1.33 bits per heavy atom. The number of hydrogen-bond acceptors (Lipinski definition) is 1. The van der Waals surface area contributed by atoms with Gasteiger partial charge in [0, 0.05) is 0 Å². The zero-order valence-corrected chi connectivity index (χ0v) is 10.5. The fourth-order valence-electron chi connectivity index (χ4n) is 1.31. The van der Waals surface area contributed by atoms with E-state index < -0.39 is 7.55 Å². The molecule has 0 aliphatic carbocycles. The Hall–Kier alpha value is 0.467. The highest BCUT2D eigenvalue weighted by atomic mass is 35.6. The molecule has 0 aromatic carbocycles. The first-order valence-corrected chi connectivity index (χ1v) is 8.30. The van der Waals surface area contributed by atoms with E-state index >= 15 is 0 Å². The van der Waals surface area contributed by atoms with Crippen LogP contribution in [0, 0.1) is 0 Å². The van der Waals surface area contributed by atoms with Crippen molar-refractivity contribution in [3.63, 3.8) is 0 Å². The highest BCUT2D eigenvalue weighted by molar-refractivity contribution is 7.19. The topological polar surface area (TPSA) is 12.0 Å². The lowest BCUT2D eigenvalue weighted by molar-refractivity contribution is 0.815. The van der Waals surface area contributed by atoms with Crippen molar-refractivity contribution in [1.29, 1.82) is 0 Å². The predicted octanol–water partition coefficient (Wildman–Crippen LogP) is 3.49. The monoisotopic (exact) mass is 207 g/mol. The van der Waals surface area contributed by atoms with Crippen molar-refractivity contribution in [3.8, 4) is 0 Å². The van der Waals surface area contributed by atoms with Crippen molar-refractivity contribution in [2.75, 3.05) is 6.54 Å². The molecule has 0 aliphatic rings. The molecule has 0 radical (unpaired) electrons. The SMILES string of the molecule is CCCC[Si](Cl)(NCC)C(C)C. The first-order valence-electron chi connectivity index (χ1n) is 5.00. The van der Waals surface area contributed by atoms with Gasteiger partial charge in [-0.15, -0.1) is 11.1 Å². The second kappa shape index (κ2) is 6.00. The molecule has 0 saturated carbocycles. The van der Waals surface area contributed by atoms with E-state index in [0.29, 0.717) is 5.54 Å². The number of hydrogen-bond donors (Lipinski definition) is 1. The number of rotatable bonds is 6. The molecule has 0 aromatic heterocycles. The third-order valence-corrected chi connectivity index (χ3v) is 8.41. The Morgan fingerprint density at radius 3 is 2.25 bits per heavy atom. The molecule has 1 N–H and O–H groups in total. The van der Waals surface area contributed by atoms with Crippen LogP contribution >= 0.6 is 11.1 Å². The summed E-state index contributed by atoms with van der Waals surface area (Å²) >= 11 is 6.58. The standard InChI is InChI=1S/C9H22ClNSi/c1-5-7-8-12(10,9(3)4)11-6-2/h9,11H,5-8H2,1-4H3. The molecule has 0 heterocycles. The van der Waals surface area contributed by atoms with Crippen LogP contribution in [0.2, 0.25) is 11.6 Å². The summed E-state index contributed by atoms with van der Waals surface area (Å²) in [6.45, 7) is 9.84. The molecule has 0 fully saturated rings. The van der Waals surface area contributed by atoms with Crippen LogP contribution in [0.15, 0.2) is 0 Å². The van der Waals surface area contributed by atoms with Gasteiger partial charge in [-0.05, 0) is 18.1 Å². The Labute approximate surface area is 82.7 Å². The van der Waals surface area contributed by atoms with Crippen LogP contribution in [-0.2, 0) is 0 Å². The molecule has 12 heavy (non-hydrogen) atoms. The van der Waals surface area contributed by atoms with Gasteiger partial charge in [0.1, 0.15) is 0 Å². The second-order valence-electron chi connectivity index (χ2n) is 3.65. The Morgan fingerprint density at radius 2 is 1.92 bits per heavy atom. The molecular formula is C9H22ClNSi. The summed E-state index contributed by atoms with van der Waals surface area (Å²) in [6, 6.07) is 1.20. The van der Waals surface area contributed by atoms with E-state index in [4.69, 9.17) is 11.1 Å². The van der Waals surface area contributed by atoms with Crippen molar-refractivity contribution < 1.29 is 0 Å². The Balaban J connectivity index is 3.99. The zero-order chi connectivity index (χ0) is 9.61. The van der Waals surface area contributed by atoms with E-state index in [1.165, 1.54) is 18.9 Å². The van der Waals surface area contributed by atoms with Crippen molar-refractivity contribution in [3.05, 3.63) is 0 Å². The highest BCUT2D eigenvalue weighted by Crippen LogP contribution is 2.28. The maximum Gasteiger partial charge on any atom is 0.229 e. The maximum absolute atomic E-state index is 6.58. The van der Waals surface area contributed by atoms with Crippen LogP contribution in [0.25, 0.3) is 0 Å². The summed E-state index contributed by atoms with van der Waals surface area (Å²) in [5, 5.41) is 0. The van der Waals surface area contributed by atoms with Crippen molar-refractivity contribution in [2.24, 2.45) is 0 Å². The van der Waals surface area contributed by atoms with Gasteiger partial charge in [0.15, 0.2) is 0 Å². The molecule has 1 nitrogen and oxygen atoms in total.